The van der Waals surface area contributed by atoms with Crippen LogP contribution in [0.25, 0.3) is 5.69 Å². The number of hydrogen-bond acceptors (Lipinski definition) is 5. The summed E-state index contributed by atoms with van der Waals surface area (Å²) in [4.78, 5) is 16.8. The van der Waals surface area contributed by atoms with Crippen LogP contribution in [0.2, 0.25) is 0 Å². The highest BCUT2D eigenvalue weighted by Crippen LogP contribution is 2.35. The molecule has 0 bridgehead atoms. The third-order valence-electron chi connectivity index (χ3n) is 5.20. The normalized spacial score (nSPS) is 11.9. The molecule has 2 N–H and O–H groups in total. The summed E-state index contributed by atoms with van der Waals surface area (Å²) in [7, 11) is -3.85. The molecule has 35 heavy (non-hydrogen) atoms. The van der Waals surface area contributed by atoms with Gasteiger partial charge in [0, 0.05) is 28.7 Å². The predicted molar refractivity (Wildman–Crippen MR) is 128 cm³/mol. The number of benzene rings is 2. The topological polar surface area (TPSA) is 93.1 Å². The van der Waals surface area contributed by atoms with Crippen molar-refractivity contribution < 1.29 is 26.4 Å². The number of amides is 1. The van der Waals surface area contributed by atoms with Gasteiger partial charge in [-0.3, -0.25) is 9.52 Å². The fourth-order valence-electron chi connectivity index (χ4n) is 3.64. The van der Waals surface area contributed by atoms with E-state index < -0.39 is 27.7 Å². The number of carbonyl (C=O) groups is 1. The number of anilines is 2. The van der Waals surface area contributed by atoms with Crippen LogP contribution < -0.4 is 10.0 Å². The lowest BCUT2D eigenvalue weighted by molar-refractivity contribution is -0.137. The highest BCUT2D eigenvalue weighted by atomic mass is 32.2. The van der Waals surface area contributed by atoms with Crippen LogP contribution in [-0.2, 0) is 16.2 Å². The van der Waals surface area contributed by atoms with Crippen molar-refractivity contribution >= 4 is 38.1 Å². The molecule has 2 aromatic heterocycles. The number of hydrogen-bond donors (Lipinski definition) is 2. The Morgan fingerprint density at radius 3 is 2.37 bits per heavy atom. The zero-order chi connectivity index (χ0) is 25.4. The minimum Gasteiger partial charge on any atom is -0.322 e. The Bertz CT molecular complexity index is 1480. The molecule has 7 nitrogen and oxygen atoms in total. The molecule has 0 aliphatic rings. The number of halogens is 3. The van der Waals surface area contributed by atoms with E-state index in [-0.39, 0.29) is 21.3 Å². The SMILES string of the molecule is Cc1cc(C(=O)Nc2ccc(S(=O)(=O)Nc3nccs3)cc2)c(C)n1-c1ccccc1C(F)(F)F. The maximum Gasteiger partial charge on any atom is 0.418 e. The number of sulfonamides is 1. The lowest BCUT2D eigenvalue weighted by atomic mass is 10.1. The Balaban J connectivity index is 1.57. The van der Waals surface area contributed by atoms with Gasteiger partial charge in [0.05, 0.1) is 21.7 Å². The van der Waals surface area contributed by atoms with Gasteiger partial charge in [-0.15, -0.1) is 11.3 Å². The molecule has 0 unspecified atom stereocenters. The van der Waals surface area contributed by atoms with E-state index in [0.29, 0.717) is 17.1 Å². The summed E-state index contributed by atoms with van der Waals surface area (Å²) in [6, 6.07) is 12.2. The molecule has 0 spiro atoms. The number of carbonyl (C=O) groups excluding carboxylic acids is 1. The Morgan fingerprint density at radius 1 is 1.06 bits per heavy atom. The summed E-state index contributed by atoms with van der Waals surface area (Å²) in [6.07, 6.45) is -3.08. The minimum absolute atomic E-state index is 0.0207. The van der Waals surface area contributed by atoms with Crippen molar-refractivity contribution in [1.82, 2.24) is 9.55 Å². The van der Waals surface area contributed by atoms with E-state index in [0.717, 1.165) is 17.4 Å². The van der Waals surface area contributed by atoms with Gasteiger partial charge in [-0.2, -0.15) is 13.2 Å². The molecule has 12 heteroatoms. The van der Waals surface area contributed by atoms with Gasteiger partial charge in [-0.25, -0.2) is 13.4 Å². The number of alkyl halides is 3. The number of rotatable bonds is 6. The van der Waals surface area contributed by atoms with Crippen LogP contribution in [0.5, 0.6) is 0 Å². The third kappa shape index (κ3) is 5.08. The fraction of sp³-hybridized carbons (Fsp3) is 0.130. The first-order valence-corrected chi connectivity index (χ1v) is 12.5. The molecule has 0 atom stereocenters. The van der Waals surface area contributed by atoms with E-state index in [9.17, 15) is 26.4 Å². The van der Waals surface area contributed by atoms with Crippen LogP contribution in [0.4, 0.5) is 24.0 Å². The Hall–Kier alpha value is -3.64. The molecule has 4 rings (SSSR count). The quantitative estimate of drug-likeness (QED) is 0.345. The third-order valence-corrected chi connectivity index (χ3v) is 7.38. The second-order valence-corrected chi connectivity index (χ2v) is 10.1. The van der Waals surface area contributed by atoms with Crippen molar-refractivity contribution in [3.63, 3.8) is 0 Å². The van der Waals surface area contributed by atoms with Crippen molar-refractivity contribution in [1.29, 1.82) is 0 Å². The zero-order valence-corrected chi connectivity index (χ0v) is 20.1. The molecule has 0 fully saturated rings. The summed E-state index contributed by atoms with van der Waals surface area (Å²) in [5, 5.41) is 4.52. The molecule has 0 radical (unpaired) electrons. The zero-order valence-electron chi connectivity index (χ0n) is 18.4. The Morgan fingerprint density at radius 2 is 1.74 bits per heavy atom. The molecule has 0 saturated heterocycles. The predicted octanol–water partition coefficient (Wildman–Crippen LogP) is 5.62. The highest BCUT2D eigenvalue weighted by Gasteiger charge is 2.34. The van der Waals surface area contributed by atoms with Gasteiger partial charge in [0.15, 0.2) is 5.13 Å². The number of para-hydroxylation sites is 1. The largest absolute Gasteiger partial charge is 0.418 e. The van der Waals surface area contributed by atoms with Crippen LogP contribution >= 0.6 is 11.3 Å². The summed E-state index contributed by atoms with van der Waals surface area (Å²) in [5.74, 6) is -0.537. The Labute approximate surface area is 203 Å². The lowest BCUT2D eigenvalue weighted by Gasteiger charge is -2.16. The smallest absolute Gasteiger partial charge is 0.322 e. The molecule has 0 aliphatic carbocycles. The van der Waals surface area contributed by atoms with Gasteiger partial charge < -0.3 is 9.88 Å². The molecule has 0 aliphatic heterocycles. The van der Waals surface area contributed by atoms with Gasteiger partial charge in [-0.1, -0.05) is 12.1 Å². The van der Waals surface area contributed by atoms with E-state index in [4.69, 9.17) is 0 Å². The van der Waals surface area contributed by atoms with Crippen LogP contribution in [-0.4, -0.2) is 23.9 Å². The van der Waals surface area contributed by atoms with Crippen LogP contribution in [0.3, 0.4) is 0 Å². The molecule has 2 heterocycles. The van der Waals surface area contributed by atoms with Gasteiger partial charge in [0.1, 0.15) is 0 Å². The Kier molecular flexibility index (Phi) is 6.43. The van der Waals surface area contributed by atoms with Crippen LogP contribution in [0.1, 0.15) is 27.3 Å². The van der Waals surface area contributed by atoms with Crippen molar-refractivity contribution in [3.05, 3.63) is 88.7 Å². The van der Waals surface area contributed by atoms with Gasteiger partial charge in [0.2, 0.25) is 0 Å². The maximum absolute atomic E-state index is 13.5. The van der Waals surface area contributed by atoms with Gasteiger partial charge >= 0.3 is 6.18 Å². The average Bonchev–Trinajstić information content (AvgIpc) is 3.40. The van der Waals surface area contributed by atoms with Crippen molar-refractivity contribution in [3.8, 4) is 5.69 Å². The van der Waals surface area contributed by atoms with Crippen LogP contribution in [0.15, 0.2) is 71.1 Å². The molecular formula is C23H19F3N4O3S2. The van der Waals surface area contributed by atoms with Gasteiger partial charge in [-0.05, 0) is 56.3 Å². The summed E-state index contributed by atoms with van der Waals surface area (Å²) in [6.45, 7) is 3.18. The first-order valence-electron chi connectivity index (χ1n) is 10.2. The highest BCUT2D eigenvalue weighted by molar-refractivity contribution is 7.93. The molecular weight excluding hydrogens is 501 g/mol. The van der Waals surface area contributed by atoms with E-state index in [2.05, 4.69) is 15.0 Å². The second kappa shape index (κ2) is 9.19. The molecule has 1 amide bonds. The van der Waals surface area contributed by atoms with Crippen molar-refractivity contribution in [2.75, 3.05) is 10.0 Å². The average molecular weight is 521 g/mol. The monoisotopic (exact) mass is 520 g/mol. The first kappa shape index (κ1) is 24.5. The molecule has 2 aromatic carbocycles. The molecule has 182 valence electrons. The minimum atomic E-state index is -4.56. The van der Waals surface area contributed by atoms with Gasteiger partial charge in [0.25, 0.3) is 15.9 Å². The lowest BCUT2D eigenvalue weighted by Crippen LogP contribution is -2.15. The van der Waals surface area contributed by atoms with E-state index in [1.165, 1.54) is 59.3 Å². The summed E-state index contributed by atoms with van der Waals surface area (Å²) < 4.78 is 69.2. The number of nitrogens with zero attached hydrogens (tertiary/aromatic N) is 2. The first-order chi connectivity index (χ1) is 16.5. The van der Waals surface area contributed by atoms with Crippen molar-refractivity contribution in [2.24, 2.45) is 0 Å². The fourth-order valence-corrected chi connectivity index (χ4v) is 5.42. The second-order valence-electron chi connectivity index (χ2n) is 7.56. The number of nitrogens with one attached hydrogen (secondary N) is 2. The van der Waals surface area contributed by atoms with Crippen molar-refractivity contribution in [2.45, 2.75) is 24.9 Å². The summed E-state index contributed by atoms with van der Waals surface area (Å²) >= 11 is 1.14. The van der Waals surface area contributed by atoms with Crippen LogP contribution in [0, 0.1) is 13.8 Å². The van der Waals surface area contributed by atoms with E-state index in [1.807, 2.05) is 0 Å². The van der Waals surface area contributed by atoms with E-state index in [1.54, 1.807) is 19.2 Å². The molecule has 4 aromatic rings. The van der Waals surface area contributed by atoms with E-state index >= 15 is 0 Å². The maximum atomic E-state index is 13.5. The standard InChI is InChI=1S/C23H19F3N4O3S2/c1-14-13-18(15(2)30(14)20-6-4-3-5-19(20)23(24,25)26)21(31)28-16-7-9-17(10-8-16)35(32,33)29-22-27-11-12-34-22/h3-13H,1-2H3,(H,27,29)(H,28,31). The number of aryl methyl sites for hydroxylation is 1. The number of thiazole rings is 1. The molecule has 0 saturated carbocycles. The number of aromatic nitrogens is 2. The summed E-state index contributed by atoms with van der Waals surface area (Å²) in [5.41, 5.74) is 0.432.